The summed E-state index contributed by atoms with van der Waals surface area (Å²) in [5.74, 6) is -3.76. The van der Waals surface area contributed by atoms with Gasteiger partial charge >= 0.3 is 11.9 Å². The number of halogens is 2. The lowest BCUT2D eigenvalue weighted by molar-refractivity contribution is -0.169. The number of hydrogen-bond acceptors (Lipinski definition) is 3. The number of carboxylic acids is 1. The fourth-order valence-corrected chi connectivity index (χ4v) is 2.23. The molecule has 0 aliphatic heterocycles. The molecular weight excluding hydrogens is 282 g/mol. The second-order valence-corrected chi connectivity index (χ2v) is 4.77. The van der Waals surface area contributed by atoms with Crippen LogP contribution in [0.5, 0.6) is 0 Å². The third kappa shape index (κ3) is 3.77. The van der Waals surface area contributed by atoms with E-state index in [1.54, 1.807) is 13.8 Å². The molecule has 0 radical (unpaired) electrons. The largest absolute Gasteiger partial charge is 0.480 e. The summed E-state index contributed by atoms with van der Waals surface area (Å²) in [5, 5.41) is 9.46. The van der Waals surface area contributed by atoms with Crippen LogP contribution in [0.2, 0.25) is 0 Å². The van der Waals surface area contributed by atoms with Crippen LogP contribution in [-0.2, 0) is 20.7 Å². The Morgan fingerprint density at radius 2 is 1.95 bits per heavy atom. The van der Waals surface area contributed by atoms with Crippen LogP contribution in [0.15, 0.2) is 18.2 Å². The first-order chi connectivity index (χ1) is 9.87. The normalized spacial score (nSPS) is 13.5. The van der Waals surface area contributed by atoms with Crippen LogP contribution in [0, 0.1) is 17.0 Å². The average molecular weight is 300 g/mol. The monoisotopic (exact) mass is 300 g/mol. The zero-order valence-corrected chi connectivity index (χ0v) is 12.0. The molecule has 1 unspecified atom stereocenters. The van der Waals surface area contributed by atoms with Crippen molar-refractivity contribution in [2.75, 3.05) is 6.61 Å². The zero-order chi connectivity index (χ0) is 16.0. The molecular formula is C15H18F2O4. The highest BCUT2D eigenvalue weighted by Crippen LogP contribution is 2.32. The first-order valence-corrected chi connectivity index (χ1v) is 6.72. The molecule has 0 heterocycles. The van der Waals surface area contributed by atoms with Crippen LogP contribution >= 0.6 is 0 Å². The molecule has 0 spiro atoms. The maximum absolute atomic E-state index is 13.7. The summed E-state index contributed by atoms with van der Waals surface area (Å²) < 4.78 is 31.8. The second-order valence-electron chi connectivity index (χ2n) is 4.77. The lowest BCUT2D eigenvalue weighted by Crippen LogP contribution is -2.43. The van der Waals surface area contributed by atoms with Crippen LogP contribution in [0.3, 0.4) is 0 Å². The van der Waals surface area contributed by atoms with E-state index in [9.17, 15) is 23.5 Å². The van der Waals surface area contributed by atoms with Crippen molar-refractivity contribution in [3.63, 3.8) is 0 Å². The molecule has 1 aromatic carbocycles. The Kier molecular flexibility index (Phi) is 5.81. The Labute approximate surface area is 121 Å². The van der Waals surface area contributed by atoms with Crippen molar-refractivity contribution in [2.45, 2.75) is 33.1 Å². The topological polar surface area (TPSA) is 63.6 Å². The van der Waals surface area contributed by atoms with Gasteiger partial charge < -0.3 is 9.84 Å². The van der Waals surface area contributed by atoms with E-state index in [2.05, 4.69) is 0 Å². The summed E-state index contributed by atoms with van der Waals surface area (Å²) in [6, 6.07) is 2.75. The van der Waals surface area contributed by atoms with Crippen LogP contribution in [0.4, 0.5) is 8.78 Å². The zero-order valence-electron chi connectivity index (χ0n) is 12.0. The number of hydrogen-bond donors (Lipinski definition) is 1. The molecule has 0 aromatic heterocycles. The molecule has 0 saturated heterocycles. The van der Waals surface area contributed by atoms with E-state index in [0.29, 0.717) is 6.42 Å². The maximum atomic E-state index is 13.7. The summed E-state index contributed by atoms with van der Waals surface area (Å²) in [7, 11) is 0. The van der Waals surface area contributed by atoms with E-state index in [0.717, 1.165) is 18.2 Å². The third-order valence-corrected chi connectivity index (χ3v) is 3.25. The molecule has 21 heavy (non-hydrogen) atoms. The summed E-state index contributed by atoms with van der Waals surface area (Å²) in [4.78, 5) is 23.7. The van der Waals surface area contributed by atoms with Crippen molar-refractivity contribution < 1.29 is 28.2 Å². The van der Waals surface area contributed by atoms with Crippen LogP contribution in [0.25, 0.3) is 0 Å². The molecule has 0 bridgehead atoms. The molecule has 0 aliphatic carbocycles. The van der Waals surface area contributed by atoms with E-state index in [-0.39, 0.29) is 18.6 Å². The van der Waals surface area contributed by atoms with Crippen molar-refractivity contribution in [3.8, 4) is 0 Å². The maximum Gasteiger partial charge on any atom is 0.323 e. The molecule has 0 amide bonds. The van der Waals surface area contributed by atoms with E-state index < -0.39 is 35.4 Å². The molecule has 1 N–H and O–H groups in total. The van der Waals surface area contributed by atoms with Gasteiger partial charge in [-0.25, -0.2) is 8.78 Å². The molecule has 6 heteroatoms. The number of benzene rings is 1. The quantitative estimate of drug-likeness (QED) is 0.621. The molecule has 0 saturated carbocycles. The van der Waals surface area contributed by atoms with E-state index in [1.807, 2.05) is 0 Å². The Balaban J connectivity index is 3.26. The van der Waals surface area contributed by atoms with Gasteiger partial charge in [0.25, 0.3) is 0 Å². The number of ether oxygens (including phenoxy) is 1. The Hall–Kier alpha value is -1.98. The Morgan fingerprint density at radius 3 is 2.48 bits per heavy atom. The third-order valence-electron chi connectivity index (χ3n) is 3.25. The summed E-state index contributed by atoms with van der Waals surface area (Å²) in [6.45, 7) is 3.28. The van der Waals surface area contributed by atoms with Crippen LogP contribution in [-0.4, -0.2) is 23.7 Å². The SMILES string of the molecule is CCCC(Cc1cc(F)ccc1F)(C(=O)O)C(=O)OCC. The number of carbonyl (C=O) groups is 2. The lowest BCUT2D eigenvalue weighted by Gasteiger charge is -2.27. The molecule has 4 nitrogen and oxygen atoms in total. The molecule has 0 aliphatic rings. The Morgan fingerprint density at radius 1 is 1.29 bits per heavy atom. The van der Waals surface area contributed by atoms with Crippen LogP contribution < -0.4 is 0 Å². The molecule has 0 fully saturated rings. The predicted octanol–water partition coefficient (Wildman–Crippen LogP) is 2.94. The van der Waals surface area contributed by atoms with Crippen molar-refractivity contribution in [2.24, 2.45) is 5.41 Å². The van der Waals surface area contributed by atoms with Gasteiger partial charge in [0.05, 0.1) is 6.61 Å². The van der Waals surface area contributed by atoms with Gasteiger partial charge in [-0.05, 0) is 37.1 Å². The smallest absolute Gasteiger partial charge is 0.323 e. The van der Waals surface area contributed by atoms with Gasteiger partial charge in [0, 0.05) is 6.42 Å². The highest BCUT2D eigenvalue weighted by Gasteiger charge is 2.47. The van der Waals surface area contributed by atoms with Gasteiger partial charge in [-0.2, -0.15) is 0 Å². The summed E-state index contributed by atoms with van der Waals surface area (Å²) in [5.41, 5.74) is -2.06. The van der Waals surface area contributed by atoms with Gasteiger partial charge in [-0.1, -0.05) is 13.3 Å². The van der Waals surface area contributed by atoms with Gasteiger partial charge in [0.15, 0.2) is 5.41 Å². The van der Waals surface area contributed by atoms with Gasteiger partial charge in [0.1, 0.15) is 11.6 Å². The standard InChI is InChI=1S/C15H18F2O4/c1-3-7-15(13(18)19,14(20)21-4-2)9-10-8-11(16)5-6-12(10)17/h5-6,8H,3-4,7,9H2,1-2H3,(H,18,19). The number of esters is 1. The van der Waals surface area contributed by atoms with Crippen molar-refractivity contribution in [1.29, 1.82) is 0 Å². The minimum Gasteiger partial charge on any atom is -0.480 e. The number of carbonyl (C=O) groups excluding carboxylic acids is 1. The fraction of sp³-hybridized carbons (Fsp3) is 0.467. The van der Waals surface area contributed by atoms with Crippen molar-refractivity contribution >= 4 is 11.9 Å². The minimum absolute atomic E-state index is 0.0167. The second kappa shape index (κ2) is 7.15. The average Bonchev–Trinajstić information content (AvgIpc) is 2.42. The van der Waals surface area contributed by atoms with E-state index in [1.165, 1.54) is 0 Å². The van der Waals surface area contributed by atoms with Crippen molar-refractivity contribution in [3.05, 3.63) is 35.4 Å². The van der Waals surface area contributed by atoms with Gasteiger partial charge in [0.2, 0.25) is 0 Å². The number of rotatable bonds is 7. The minimum atomic E-state index is -1.90. The first-order valence-electron chi connectivity index (χ1n) is 6.72. The highest BCUT2D eigenvalue weighted by atomic mass is 19.1. The van der Waals surface area contributed by atoms with Gasteiger partial charge in [-0.3, -0.25) is 9.59 Å². The molecule has 116 valence electrons. The van der Waals surface area contributed by atoms with Crippen LogP contribution in [0.1, 0.15) is 32.3 Å². The fourth-order valence-electron chi connectivity index (χ4n) is 2.23. The lowest BCUT2D eigenvalue weighted by atomic mass is 9.77. The summed E-state index contributed by atoms with van der Waals surface area (Å²) >= 11 is 0. The number of aliphatic carboxylic acids is 1. The molecule has 1 atom stereocenters. The first kappa shape index (κ1) is 17.1. The van der Waals surface area contributed by atoms with Crippen molar-refractivity contribution in [1.82, 2.24) is 0 Å². The molecule has 1 aromatic rings. The van der Waals surface area contributed by atoms with E-state index in [4.69, 9.17) is 4.74 Å². The molecule has 1 rings (SSSR count). The van der Waals surface area contributed by atoms with E-state index >= 15 is 0 Å². The number of carboxylic acid groups (broad SMARTS) is 1. The van der Waals surface area contributed by atoms with Gasteiger partial charge in [-0.15, -0.1) is 0 Å². The Bertz CT molecular complexity index is 530. The predicted molar refractivity (Wildman–Crippen MR) is 71.7 cm³/mol. The highest BCUT2D eigenvalue weighted by molar-refractivity contribution is 5.99. The summed E-state index contributed by atoms with van der Waals surface area (Å²) in [6.07, 6.45) is -0.0717.